The van der Waals surface area contributed by atoms with Crippen molar-refractivity contribution in [2.45, 2.75) is 12.8 Å². The molecule has 1 fully saturated rings. The first-order valence-electron chi connectivity index (χ1n) is 4.10. The summed E-state index contributed by atoms with van der Waals surface area (Å²) in [7, 11) is 1.77. The molecule has 0 radical (unpaired) electrons. The van der Waals surface area contributed by atoms with Crippen LogP contribution in [0.15, 0.2) is 35.6 Å². The quantitative estimate of drug-likeness (QED) is 0.528. The van der Waals surface area contributed by atoms with E-state index >= 15 is 0 Å². The van der Waals surface area contributed by atoms with E-state index in [0.29, 0.717) is 0 Å². The zero-order valence-electron chi connectivity index (χ0n) is 7.13. The SMILES string of the molecule is C=C1C2=CCCC=C2C(=O)N1C. The second-order valence-electron chi connectivity index (χ2n) is 3.12. The lowest BCUT2D eigenvalue weighted by Crippen LogP contribution is -2.17. The zero-order valence-corrected chi connectivity index (χ0v) is 7.13. The van der Waals surface area contributed by atoms with Crippen LogP contribution in [0, 0.1) is 0 Å². The number of amides is 1. The summed E-state index contributed by atoms with van der Waals surface area (Å²) in [6.45, 7) is 3.87. The Morgan fingerprint density at radius 1 is 1.33 bits per heavy atom. The topological polar surface area (TPSA) is 20.3 Å². The normalized spacial score (nSPS) is 22.2. The first kappa shape index (κ1) is 7.35. The van der Waals surface area contributed by atoms with Gasteiger partial charge in [-0.3, -0.25) is 4.79 Å². The number of allylic oxidation sites excluding steroid dienone is 3. The molecule has 2 heteroatoms. The third kappa shape index (κ3) is 0.779. The molecule has 1 aliphatic carbocycles. The van der Waals surface area contributed by atoms with E-state index in [4.69, 9.17) is 0 Å². The molecule has 0 spiro atoms. The van der Waals surface area contributed by atoms with Crippen LogP contribution in [0.2, 0.25) is 0 Å². The third-order valence-electron chi connectivity index (χ3n) is 2.40. The Morgan fingerprint density at radius 3 is 2.50 bits per heavy atom. The maximum Gasteiger partial charge on any atom is 0.258 e. The zero-order chi connectivity index (χ0) is 8.72. The molecule has 0 N–H and O–H groups in total. The molecular formula is C10H11NO. The molecule has 62 valence electrons. The fraction of sp³-hybridized carbons (Fsp3) is 0.300. The van der Waals surface area contributed by atoms with Gasteiger partial charge < -0.3 is 4.90 Å². The van der Waals surface area contributed by atoms with Crippen LogP contribution in [0.3, 0.4) is 0 Å². The summed E-state index contributed by atoms with van der Waals surface area (Å²) < 4.78 is 0. The largest absolute Gasteiger partial charge is 0.311 e. The average Bonchev–Trinajstić information content (AvgIpc) is 2.33. The lowest BCUT2D eigenvalue weighted by atomic mass is 9.99. The highest BCUT2D eigenvalue weighted by atomic mass is 16.2. The van der Waals surface area contributed by atoms with Crippen molar-refractivity contribution >= 4 is 5.91 Å². The van der Waals surface area contributed by atoms with Crippen LogP contribution in [-0.2, 0) is 4.79 Å². The van der Waals surface area contributed by atoms with E-state index in [1.165, 1.54) is 0 Å². The Kier molecular flexibility index (Phi) is 1.43. The molecule has 0 bridgehead atoms. The van der Waals surface area contributed by atoms with Gasteiger partial charge in [-0.2, -0.15) is 0 Å². The lowest BCUT2D eigenvalue weighted by molar-refractivity contribution is -0.122. The van der Waals surface area contributed by atoms with Gasteiger partial charge in [-0.25, -0.2) is 0 Å². The Morgan fingerprint density at radius 2 is 1.92 bits per heavy atom. The lowest BCUT2D eigenvalue weighted by Gasteiger charge is -2.07. The predicted octanol–water partition coefficient (Wildman–Crippen LogP) is 1.62. The number of likely N-dealkylation sites (tertiary alicyclic amines) is 1. The molecule has 1 aliphatic heterocycles. The van der Waals surface area contributed by atoms with E-state index in [0.717, 1.165) is 29.7 Å². The molecule has 0 unspecified atom stereocenters. The molecule has 0 atom stereocenters. The van der Waals surface area contributed by atoms with Gasteiger partial charge >= 0.3 is 0 Å². The molecule has 2 aliphatic rings. The van der Waals surface area contributed by atoms with Crippen molar-refractivity contribution in [3.63, 3.8) is 0 Å². The molecule has 0 aromatic rings. The van der Waals surface area contributed by atoms with Gasteiger partial charge in [-0.15, -0.1) is 0 Å². The van der Waals surface area contributed by atoms with Crippen LogP contribution in [-0.4, -0.2) is 17.9 Å². The van der Waals surface area contributed by atoms with Crippen molar-refractivity contribution in [3.05, 3.63) is 35.6 Å². The first-order valence-corrected chi connectivity index (χ1v) is 4.10. The Balaban J connectivity index is 2.52. The molecule has 2 rings (SSSR count). The van der Waals surface area contributed by atoms with Gasteiger partial charge in [-0.1, -0.05) is 18.7 Å². The van der Waals surface area contributed by atoms with Gasteiger partial charge in [0.25, 0.3) is 5.91 Å². The highest BCUT2D eigenvalue weighted by Gasteiger charge is 2.31. The van der Waals surface area contributed by atoms with Crippen molar-refractivity contribution in [3.8, 4) is 0 Å². The molecule has 0 aromatic carbocycles. The minimum atomic E-state index is 0.0888. The van der Waals surface area contributed by atoms with Crippen molar-refractivity contribution in [1.29, 1.82) is 0 Å². The Labute approximate surface area is 71.9 Å². The number of hydrogen-bond donors (Lipinski definition) is 0. The minimum absolute atomic E-state index is 0.0888. The van der Waals surface area contributed by atoms with E-state index in [9.17, 15) is 4.79 Å². The summed E-state index contributed by atoms with van der Waals surface area (Å²) in [5.41, 5.74) is 2.72. The molecule has 12 heavy (non-hydrogen) atoms. The molecule has 2 nitrogen and oxygen atoms in total. The van der Waals surface area contributed by atoms with Gasteiger partial charge in [0.15, 0.2) is 0 Å². The number of likely N-dealkylation sites (N-methyl/N-ethyl adjacent to an activating group) is 1. The van der Waals surface area contributed by atoms with E-state index < -0.39 is 0 Å². The summed E-state index contributed by atoms with van der Waals surface area (Å²) in [5.74, 6) is 0.0888. The van der Waals surface area contributed by atoms with E-state index in [2.05, 4.69) is 12.7 Å². The van der Waals surface area contributed by atoms with Crippen LogP contribution in [0.5, 0.6) is 0 Å². The van der Waals surface area contributed by atoms with E-state index in [1.54, 1.807) is 11.9 Å². The summed E-state index contributed by atoms with van der Waals surface area (Å²) in [6.07, 6.45) is 6.11. The number of carbonyl (C=O) groups excluding carboxylic acids is 1. The molecule has 1 saturated heterocycles. The van der Waals surface area contributed by atoms with E-state index in [1.807, 2.05) is 6.08 Å². The number of fused-ring (bicyclic) bond motifs is 1. The van der Waals surface area contributed by atoms with Crippen LogP contribution in [0.4, 0.5) is 0 Å². The van der Waals surface area contributed by atoms with Crippen molar-refractivity contribution in [1.82, 2.24) is 4.90 Å². The number of rotatable bonds is 0. The highest BCUT2D eigenvalue weighted by molar-refractivity contribution is 6.04. The second-order valence-corrected chi connectivity index (χ2v) is 3.12. The number of carbonyl (C=O) groups is 1. The second kappa shape index (κ2) is 2.34. The maximum absolute atomic E-state index is 11.5. The monoisotopic (exact) mass is 161 g/mol. The van der Waals surface area contributed by atoms with Crippen LogP contribution in [0.25, 0.3) is 0 Å². The summed E-state index contributed by atoms with van der Waals surface area (Å²) in [4.78, 5) is 13.1. The van der Waals surface area contributed by atoms with Crippen LogP contribution >= 0.6 is 0 Å². The van der Waals surface area contributed by atoms with Gasteiger partial charge in [0, 0.05) is 23.9 Å². The summed E-state index contributed by atoms with van der Waals surface area (Å²) >= 11 is 0. The smallest absolute Gasteiger partial charge is 0.258 e. The van der Waals surface area contributed by atoms with E-state index in [-0.39, 0.29) is 5.91 Å². The van der Waals surface area contributed by atoms with Gasteiger partial charge in [-0.05, 0) is 12.8 Å². The fourth-order valence-corrected chi connectivity index (χ4v) is 1.63. The average molecular weight is 161 g/mol. The van der Waals surface area contributed by atoms with Gasteiger partial charge in [0.05, 0.1) is 0 Å². The van der Waals surface area contributed by atoms with Crippen molar-refractivity contribution in [2.24, 2.45) is 0 Å². The first-order chi connectivity index (χ1) is 5.72. The number of nitrogens with zero attached hydrogens (tertiary/aromatic N) is 1. The Hall–Kier alpha value is -1.31. The molecular weight excluding hydrogens is 150 g/mol. The van der Waals surface area contributed by atoms with Crippen LogP contribution in [0.1, 0.15) is 12.8 Å². The van der Waals surface area contributed by atoms with Gasteiger partial charge in [0.1, 0.15) is 0 Å². The fourth-order valence-electron chi connectivity index (χ4n) is 1.63. The predicted molar refractivity (Wildman–Crippen MR) is 47.3 cm³/mol. The minimum Gasteiger partial charge on any atom is -0.311 e. The molecule has 1 heterocycles. The standard InChI is InChI=1S/C10H11NO/c1-7-8-5-3-4-6-9(8)10(12)11(7)2/h5-6H,1,3-4H2,2H3. The summed E-state index contributed by atoms with van der Waals surface area (Å²) in [6, 6.07) is 0. The Bertz CT molecular complexity index is 291. The highest BCUT2D eigenvalue weighted by Crippen LogP contribution is 2.33. The van der Waals surface area contributed by atoms with Gasteiger partial charge in [0.2, 0.25) is 0 Å². The maximum atomic E-state index is 11.5. The van der Waals surface area contributed by atoms with Crippen molar-refractivity contribution < 1.29 is 4.79 Å². The van der Waals surface area contributed by atoms with Crippen molar-refractivity contribution in [2.75, 3.05) is 7.05 Å². The molecule has 0 aromatic heterocycles. The third-order valence-corrected chi connectivity index (χ3v) is 2.40. The number of hydrogen-bond acceptors (Lipinski definition) is 1. The summed E-state index contributed by atoms with van der Waals surface area (Å²) in [5, 5.41) is 0. The molecule has 1 amide bonds. The van der Waals surface area contributed by atoms with Crippen LogP contribution < -0.4 is 0 Å². The molecule has 0 saturated carbocycles.